The molecule has 0 saturated carbocycles. The van der Waals surface area contributed by atoms with Gasteiger partial charge >= 0.3 is 0 Å². The van der Waals surface area contributed by atoms with Crippen LogP contribution in [0.25, 0.3) is 0 Å². The Morgan fingerprint density at radius 2 is 1.93 bits per heavy atom. The molecule has 2 aromatic carbocycles. The van der Waals surface area contributed by atoms with Crippen LogP contribution >= 0.6 is 11.6 Å². The van der Waals surface area contributed by atoms with Gasteiger partial charge in [0.2, 0.25) is 15.9 Å². The monoisotopic (exact) mass is 449 g/mol. The summed E-state index contributed by atoms with van der Waals surface area (Å²) in [5.74, 6) is -0.432. The van der Waals surface area contributed by atoms with Crippen LogP contribution in [0.15, 0.2) is 47.4 Å². The van der Waals surface area contributed by atoms with E-state index in [-0.39, 0.29) is 22.4 Å². The Bertz CT molecular complexity index is 1090. The molecule has 160 valence electrons. The van der Waals surface area contributed by atoms with Gasteiger partial charge in [0.25, 0.3) is 5.91 Å². The average molecular weight is 450 g/mol. The van der Waals surface area contributed by atoms with E-state index in [9.17, 15) is 18.0 Å². The number of rotatable bonds is 6. The van der Waals surface area contributed by atoms with Crippen molar-refractivity contribution in [3.63, 3.8) is 0 Å². The van der Waals surface area contributed by atoms with Gasteiger partial charge in [-0.15, -0.1) is 0 Å². The summed E-state index contributed by atoms with van der Waals surface area (Å²) in [7, 11) is -2.20. The van der Waals surface area contributed by atoms with Crippen molar-refractivity contribution < 1.29 is 18.0 Å². The van der Waals surface area contributed by atoms with Gasteiger partial charge in [-0.2, -0.15) is 4.31 Å². The van der Waals surface area contributed by atoms with E-state index in [4.69, 9.17) is 11.6 Å². The molecule has 0 radical (unpaired) electrons. The number of hydrogen-bond acceptors (Lipinski definition) is 4. The molecule has 0 bridgehead atoms. The van der Waals surface area contributed by atoms with E-state index in [2.05, 4.69) is 5.32 Å². The Balaban J connectivity index is 1.80. The van der Waals surface area contributed by atoms with Crippen LogP contribution in [0.1, 0.15) is 37.0 Å². The molecule has 1 fully saturated rings. The van der Waals surface area contributed by atoms with Crippen LogP contribution in [0.4, 0.5) is 11.4 Å². The van der Waals surface area contributed by atoms with Crippen LogP contribution in [0.5, 0.6) is 0 Å². The van der Waals surface area contributed by atoms with Gasteiger partial charge in [0, 0.05) is 37.3 Å². The second kappa shape index (κ2) is 8.75. The zero-order valence-corrected chi connectivity index (χ0v) is 18.6. The van der Waals surface area contributed by atoms with Gasteiger partial charge in [0.1, 0.15) is 0 Å². The van der Waals surface area contributed by atoms with E-state index in [0.717, 1.165) is 6.42 Å². The number of nitrogens with one attached hydrogen (secondary N) is 1. The number of amides is 2. The van der Waals surface area contributed by atoms with Crippen LogP contribution in [0, 0.1) is 0 Å². The maximum absolute atomic E-state index is 12.7. The molecule has 0 spiro atoms. The number of carbonyl (C=O) groups excluding carboxylic acids is 2. The lowest BCUT2D eigenvalue weighted by Crippen LogP contribution is -2.33. The summed E-state index contributed by atoms with van der Waals surface area (Å²) < 4.78 is 26.6. The van der Waals surface area contributed by atoms with E-state index in [1.165, 1.54) is 29.6 Å². The summed E-state index contributed by atoms with van der Waals surface area (Å²) in [6, 6.07) is 10.6. The number of nitrogens with zero attached hydrogens (tertiary/aromatic N) is 2. The summed E-state index contributed by atoms with van der Waals surface area (Å²) in [6.45, 7) is 4.17. The summed E-state index contributed by atoms with van der Waals surface area (Å²) in [4.78, 5) is 26.3. The highest BCUT2D eigenvalue weighted by Gasteiger charge is 2.25. The standard InChI is InChI=1S/C21H24ClN3O4S/c1-14(2)24(3)30(28,29)17-7-4-6-15(12-17)21(27)23-16-9-10-19(18(22)13-16)25-11-5-8-20(25)26/h4,6-7,9-10,12-14H,5,8,11H2,1-3H3,(H,23,27). The van der Waals surface area contributed by atoms with Gasteiger partial charge in [0.05, 0.1) is 15.6 Å². The third-order valence-corrected chi connectivity index (χ3v) is 7.40. The number of carbonyl (C=O) groups is 2. The molecule has 30 heavy (non-hydrogen) atoms. The summed E-state index contributed by atoms with van der Waals surface area (Å²) in [5, 5.41) is 3.08. The summed E-state index contributed by atoms with van der Waals surface area (Å²) >= 11 is 6.32. The lowest BCUT2D eigenvalue weighted by Gasteiger charge is -2.21. The van der Waals surface area contributed by atoms with Gasteiger partial charge in [0.15, 0.2) is 0 Å². The van der Waals surface area contributed by atoms with Crippen LogP contribution in [-0.2, 0) is 14.8 Å². The Morgan fingerprint density at radius 1 is 1.20 bits per heavy atom. The number of sulfonamides is 1. The van der Waals surface area contributed by atoms with Crippen molar-refractivity contribution in [3.05, 3.63) is 53.1 Å². The van der Waals surface area contributed by atoms with E-state index < -0.39 is 15.9 Å². The Hall–Kier alpha value is -2.42. The van der Waals surface area contributed by atoms with Gasteiger partial charge in [-0.3, -0.25) is 9.59 Å². The van der Waals surface area contributed by atoms with Crippen molar-refractivity contribution in [2.45, 2.75) is 37.6 Å². The second-order valence-corrected chi connectivity index (χ2v) is 9.82. The minimum absolute atomic E-state index is 0.0260. The molecule has 1 saturated heterocycles. The highest BCUT2D eigenvalue weighted by atomic mass is 35.5. The minimum atomic E-state index is -3.70. The van der Waals surface area contributed by atoms with Crippen molar-refractivity contribution >= 4 is 44.8 Å². The Morgan fingerprint density at radius 3 is 2.53 bits per heavy atom. The third-order valence-electron chi connectivity index (χ3n) is 5.07. The van der Waals surface area contributed by atoms with E-state index in [0.29, 0.717) is 29.4 Å². The molecule has 9 heteroatoms. The first-order valence-electron chi connectivity index (χ1n) is 9.60. The molecule has 1 aliphatic heterocycles. The molecule has 2 aromatic rings. The summed E-state index contributed by atoms with van der Waals surface area (Å²) in [5.41, 5.74) is 1.28. The lowest BCUT2D eigenvalue weighted by molar-refractivity contribution is -0.117. The molecule has 7 nitrogen and oxygen atoms in total. The molecule has 1 aliphatic rings. The normalized spacial score (nSPS) is 14.6. The Labute approximate surface area is 181 Å². The molecule has 3 rings (SSSR count). The molecule has 1 heterocycles. The molecule has 0 atom stereocenters. The third kappa shape index (κ3) is 4.50. The number of benzene rings is 2. The van der Waals surface area contributed by atoms with Crippen LogP contribution in [0.2, 0.25) is 5.02 Å². The molecule has 0 unspecified atom stereocenters. The second-order valence-electron chi connectivity index (χ2n) is 7.41. The molecule has 2 amide bonds. The van der Waals surface area contributed by atoms with Gasteiger partial charge < -0.3 is 10.2 Å². The van der Waals surface area contributed by atoms with Crippen LogP contribution in [-0.4, -0.2) is 44.2 Å². The largest absolute Gasteiger partial charge is 0.322 e. The van der Waals surface area contributed by atoms with Gasteiger partial charge in [-0.25, -0.2) is 8.42 Å². The van der Waals surface area contributed by atoms with E-state index in [1.807, 2.05) is 0 Å². The number of anilines is 2. The zero-order valence-electron chi connectivity index (χ0n) is 17.1. The SMILES string of the molecule is CC(C)N(C)S(=O)(=O)c1cccc(C(=O)Nc2ccc(N3CCCC3=O)c(Cl)c2)c1. The van der Waals surface area contributed by atoms with Gasteiger partial charge in [-0.1, -0.05) is 17.7 Å². The molecule has 0 aromatic heterocycles. The summed E-state index contributed by atoms with van der Waals surface area (Å²) in [6.07, 6.45) is 1.29. The highest BCUT2D eigenvalue weighted by Crippen LogP contribution is 2.32. The molecule has 0 aliphatic carbocycles. The molecular weight excluding hydrogens is 426 g/mol. The lowest BCUT2D eigenvalue weighted by atomic mass is 10.2. The average Bonchev–Trinajstić information content (AvgIpc) is 3.13. The topological polar surface area (TPSA) is 86.8 Å². The fourth-order valence-corrected chi connectivity index (χ4v) is 4.85. The van der Waals surface area contributed by atoms with Crippen molar-refractivity contribution in [2.24, 2.45) is 0 Å². The first kappa shape index (κ1) is 22.3. The first-order chi connectivity index (χ1) is 14.1. The number of hydrogen-bond donors (Lipinski definition) is 1. The fraction of sp³-hybridized carbons (Fsp3) is 0.333. The van der Waals surface area contributed by atoms with E-state index in [1.54, 1.807) is 43.0 Å². The predicted octanol–water partition coefficient (Wildman–Crippen LogP) is 3.75. The first-order valence-corrected chi connectivity index (χ1v) is 11.4. The molecular formula is C21H24ClN3O4S. The van der Waals surface area contributed by atoms with Crippen LogP contribution in [0.3, 0.4) is 0 Å². The van der Waals surface area contributed by atoms with Gasteiger partial charge in [-0.05, 0) is 56.7 Å². The van der Waals surface area contributed by atoms with Crippen LogP contribution < -0.4 is 10.2 Å². The quantitative estimate of drug-likeness (QED) is 0.727. The zero-order chi connectivity index (χ0) is 22.1. The predicted molar refractivity (Wildman–Crippen MR) is 118 cm³/mol. The highest BCUT2D eigenvalue weighted by molar-refractivity contribution is 7.89. The van der Waals surface area contributed by atoms with E-state index >= 15 is 0 Å². The minimum Gasteiger partial charge on any atom is -0.322 e. The number of halogens is 1. The Kier molecular flexibility index (Phi) is 6.50. The molecule has 1 N–H and O–H groups in total. The van der Waals surface area contributed by atoms with Crippen molar-refractivity contribution in [1.29, 1.82) is 0 Å². The van der Waals surface area contributed by atoms with Crippen molar-refractivity contribution in [2.75, 3.05) is 23.8 Å². The maximum atomic E-state index is 12.7. The van der Waals surface area contributed by atoms with Crippen molar-refractivity contribution in [1.82, 2.24) is 4.31 Å². The smallest absolute Gasteiger partial charge is 0.255 e. The fourth-order valence-electron chi connectivity index (χ4n) is 3.15. The van der Waals surface area contributed by atoms with Crippen molar-refractivity contribution in [3.8, 4) is 0 Å². The maximum Gasteiger partial charge on any atom is 0.255 e.